The highest BCUT2D eigenvalue weighted by atomic mass is 16.5. The molecular weight excluding hydrogens is 204 g/mol. The number of ether oxygens (including phenoxy) is 1. The Hall–Kier alpha value is -1.90. The molecule has 0 aliphatic heterocycles. The molecule has 0 spiro atoms. The first-order chi connectivity index (χ1) is 7.65. The van der Waals surface area contributed by atoms with E-state index in [0.29, 0.717) is 11.1 Å². The lowest BCUT2D eigenvalue weighted by molar-refractivity contribution is -0.134. The van der Waals surface area contributed by atoms with Crippen molar-refractivity contribution in [2.45, 2.75) is 12.8 Å². The quantitative estimate of drug-likeness (QED) is 0.533. The Bertz CT molecular complexity index is 486. The highest BCUT2D eigenvalue weighted by Crippen LogP contribution is 2.36. The van der Waals surface area contributed by atoms with Crippen LogP contribution in [0.2, 0.25) is 0 Å². The summed E-state index contributed by atoms with van der Waals surface area (Å²) in [6.45, 7) is 1.92. The number of allylic oxidation sites excluding steroid dienone is 1. The summed E-state index contributed by atoms with van der Waals surface area (Å²) in [5, 5.41) is 0. The first-order valence-electron chi connectivity index (χ1n) is 5.08. The van der Waals surface area contributed by atoms with Gasteiger partial charge < -0.3 is 4.74 Å². The smallest absolute Gasteiger partial charge is 0.330 e. The molecule has 1 aliphatic rings. The first kappa shape index (κ1) is 10.6. The number of esters is 1. The molecule has 1 atom stereocenters. The summed E-state index contributed by atoms with van der Waals surface area (Å²) >= 11 is 0. The van der Waals surface area contributed by atoms with Crippen LogP contribution in [0.4, 0.5) is 0 Å². The Morgan fingerprint density at radius 2 is 2.06 bits per heavy atom. The minimum absolute atomic E-state index is 0.0391. The number of carbonyl (C=O) groups is 2. The third kappa shape index (κ3) is 1.54. The fourth-order valence-corrected chi connectivity index (χ4v) is 1.98. The van der Waals surface area contributed by atoms with Crippen LogP contribution in [0, 0.1) is 0 Å². The summed E-state index contributed by atoms with van der Waals surface area (Å²) in [6, 6.07) is 7.41. The van der Waals surface area contributed by atoms with Crippen molar-refractivity contribution in [3.05, 3.63) is 47.0 Å². The van der Waals surface area contributed by atoms with Crippen LogP contribution in [0.25, 0.3) is 0 Å². The first-order valence-corrected chi connectivity index (χ1v) is 5.08. The van der Waals surface area contributed by atoms with Crippen molar-refractivity contribution in [3.63, 3.8) is 0 Å². The molecule has 1 aromatic rings. The lowest BCUT2D eigenvalue weighted by Crippen LogP contribution is -2.03. The minimum Gasteiger partial charge on any atom is -0.466 e. The standard InChI is InChI=1S/C13H12O3/c1-8-9-5-3-4-6-10(9)13(15)11(8)7-12(14)16-2/h3-8H,1-2H3/b11-7+. The van der Waals surface area contributed by atoms with Gasteiger partial charge in [0.2, 0.25) is 0 Å². The highest BCUT2D eigenvalue weighted by Gasteiger charge is 2.31. The maximum absolute atomic E-state index is 12.0. The Morgan fingerprint density at radius 1 is 1.38 bits per heavy atom. The summed E-state index contributed by atoms with van der Waals surface area (Å²) < 4.78 is 4.54. The number of ketones is 1. The van der Waals surface area contributed by atoms with Gasteiger partial charge in [-0.1, -0.05) is 31.2 Å². The van der Waals surface area contributed by atoms with Gasteiger partial charge in [0.05, 0.1) is 7.11 Å². The van der Waals surface area contributed by atoms with Gasteiger partial charge in [0.15, 0.2) is 5.78 Å². The summed E-state index contributed by atoms with van der Waals surface area (Å²) in [5.41, 5.74) is 2.17. The molecule has 3 heteroatoms. The van der Waals surface area contributed by atoms with Crippen molar-refractivity contribution in [2.24, 2.45) is 0 Å². The van der Waals surface area contributed by atoms with Gasteiger partial charge in [-0.05, 0) is 5.56 Å². The van der Waals surface area contributed by atoms with Crippen LogP contribution in [-0.4, -0.2) is 18.9 Å². The average Bonchev–Trinajstić information content (AvgIpc) is 2.55. The van der Waals surface area contributed by atoms with E-state index in [1.165, 1.54) is 13.2 Å². The van der Waals surface area contributed by atoms with Crippen molar-refractivity contribution >= 4 is 11.8 Å². The molecule has 16 heavy (non-hydrogen) atoms. The molecule has 0 saturated heterocycles. The number of carbonyl (C=O) groups excluding carboxylic acids is 2. The second-order valence-corrected chi connectivity index (χ2v) is 3.76. The van der Waals surface area contributed by atoms with E-state index < -0.39 is 5.97 Å². The number of benzene rings is 1. The molecule has 1 aromatic carbocycles. The van der Waals surface area contributed by atoms with Gasteiger partial charge in [-0.3, -0.25) is 4.79 Å². The Kier molecular flexibility index (Phi) is 2.60. The number of rotatable bonds is 1. The number of Topliss-reactive ketones (excluding diaryl/α,β-unsaturated/α-hetero) is 1. The lowest BCUT2D eigenvalue weighted by atomic mass is 10.00. The molecule has 0 bridgehead atoms. The maximum atomic E-state index is 12.0. The van der Waals surface area contributed by atoms with E-state index in [1.54, 1.807) is 6.07 Å². The fourth-order valence-electron chi connectivity index (χ4n) is 1.98. The van der Waals surface area contributed by atoms with Crippen molar-refractivity contribution < 1.29 is 14.3 Å². The van der Waals surface area contributed by atoms with E-state index >= 15 is 0 Å². The molecule has 0 N–H and O–H groups in total. The van der Waals surface area contributed by atoms with Gasteiger partial charge in [0.1, 0.15) is 0 Å². The van der Waals surface area contributed by atoms with Crippen molar-refractivity contribution in [2.75, 3.05) is 7.11 Å². The summed E-state index contributed by atoms with van der Waals surface area (Å²) in [6.07, 6.45) is 1.28. The number of hydrogen-bond acceptors (Lipinski definition) is 3. The van der Waals surface area contributed by atoms with Crippen molar-refractivity contribution in [1.82, 2.24) is 0 Å². The minimum atomic E-state index is -0.483. The van der Waals surface area contributed by atoms with Crippen LogP contribution in [0.15, 0.2) is 35.9 Å². The molecule has 82 valence electrons. The Labute approximate surface area is 93.7 Å². The SMILES string of the molecule is COC(=O)/C=C1/C(=O)c2ccccc2C1C. The van der Waals surface area contributed by atoms with Crippen molar-refractivity contribution in [3.8, 4) is 0 Å². The van der Waals surface area contributed by atoms with Crippen LogP contribution in [0.5, 0.6) is 0 Å². The zero-order valence-electron chi connectivity index (χ0n) is 9.19. The molecule has 0 heterocycles. The van der Waals surface area contributed by atoms with Gasteiger partial charge in [0, 0.05) is 23.1 Å². The number of methoxy groups -OCH3 is 1. The maximum Gasteiger partial charge on any atom is 0.330 e. The predicted octanol–water partition coefficient (Wildman–Crippen LogP) is 2.09. The molecule has 0 aromatic heterocycles. The molecular formula is C13H12O3. The van der Waals surface area contributed by atoms with E-state index in [2.05, 4.69) is 4.74 Å². The third-order valence-corrected chi connectivity index (χ3v) is 2.88. The summed E-state index contributed by atoms with van der Waals surface area (Å²) in [7, 11) is 1.30. The molecule has 0 amide bonds. The van der Waals surface area contributed by atoms with Crippen LogP contribution in [0.1, 0.15) is 28.8 Å². The topological polar surface area (TPSA) is 43.4 Å². The van der Waals surface area contributed by atoms with Crippen LogP contribution < -0.4 is 0 Å². The Morgan fingerprint density at radius 3 is 2.69 bits per heavy atom. The monoisotopic (exact) mass is 216 g/mol. The normalized spacial score (nSPS) is 21.0. The van der Waals surface area contributed by atoms with Gasteiger partial charge in [-0.2, -0.15) is 0 Å². The fraction of sp³-hybridized carbons (Fsp3) is 0.231. The lowest BCUT2D eigenvalue weighted by Gasteiger charge is -2.03. The second kappa shape index (κ2) is 3.93. The third-order valence-electron chi connectivity index (χ3n) is 2.88. The predicted molar refractivity (Wildman–Crippen MR) is 59.3 cm³/mol. The van der Waals surface area contributed by atoms with Gasteiger partial charge in [-0.25, -0.2) is 4.79 Å². The largest absolute Gasteiger partial charge is 0.466 e. The van der Waals surface area contributed by atoms with Crippen LogP contribution in [0.3, 0.4) is 0 Å². The second-order valence-electron chi connectivity index (χ2n) is 3.76. The van der Waals surface area contributed by atoms with E-state index in [4.69, 9.17) is 0 Å². The molecule has 1 aliphatic carbocycles. The molecule has 0 saturated carbocycles. The van der Waals surface area contributed by atoms with E-state index in [0.717, 1.165) is 5.56 Å². The Balaban J connectivity index is 2.46. The van der Waals surface area contributed by atoms with E-state index in [1.807, 2.05) is 25.1 Å². The zero-order valence-corrected chi connectivity index (χ0v) is 9.19. The highest BCUT2D eigenvalue weighted by molar-refractivity contribution is 6.16. The van der Waals surface area contributed by atoms with Gasteiger partial charge in [0.25, 0.3) is 0 Å². The molecule has 2 rings (SSSR count). The number of hydrogen-bond donors (Lipinski definition) is 0. The van der Waals surface area contributed by atoms with Gasteiger partial charge in [-0.15, -0.1) is 0 Å². The number of fused-ring (bicyclic) bond motifs is 1. The average molecular weight is 216 g/mol. The summed E-state index contributed by atoms with van der Waals surface area (Å²) in [4.78, 5) is 23.1. The summed E-state index contributed by atoms with van der Waals surface area (Å²) in [5.74, 6) is -0.598. The van der Waals surface area contributed by atoms with E-state index in [9.17, 15) is 9.59 Å². The van der Waals surface area contributed by atoms with E-state index in [-0.39, 0.29) is 11.7 Å². The van der Waals surface area contributed by atoms with Crippen LogP contribution in [-0.2, 0) is 9.53 Å². The van der Waals surface area contributed by atoms with Crippen molar-refractivity contribution in [1.29, 1.82) is 0 Å². The molecule has 3 nitrogen and oxygen atoms in total. The van der Waals surface area contributed by atoms with Gasteiger partial charge >= 0.3 is 5.97 Å². The molecule has 1 unspecified atom stereocenters. The molecule has 0 radical (unpaired) electrons. The van der Waals surface area contributed by atoms with Crippen LogP contribution >= 0.6 is 0 Å². The molecule has 0 fully saturated rings. The zero-order chi connectivity index (χ0) is 11.7.